The number of nitrogens with zero attached hydrogens (tertiary/aromatic N) is 1. The van der Waals surface area contributed by atoms with Crippen LogP contribution in [-0.4, -0.2) is 4.92 Å². The van der Waals surface area contributed by atoms with E-state index in [1.54, 1.807) is 23.9 Å². The molecule has 0 aliphatic carbocycles. The molecule has 0 atom stereocenters. The van der Waals surface area contributed by atoms with Crippen molar-refractivity contribution in [3.05, 3.63) is 69.3 Å². The number of hydrogen-bond acceptors (Lipinski definition) is 5. The number of aryl methyl sites for hydroxylation is 1. The summed E-state index contributed by atoms with van der Waals surface area (Å²) in [6.07, 6.45) is 0. The molecule has 0 saturated carbocycles. The fourth-order valence-electron chi connectivity index (χ4n) is 2.03. The maximum atomic E-state index is 11.0. The molecule has 2 aromatic carbocycles. The molecule has 0 saturated heterocycles. The third kappa shape index (κ3) is 4.21. The van der Waals surface area contributed by atoms with Crippen molar-refractivity contribution in [1.29, 1.82) is 0 Å². The van der Waals surface area contributed by atoms with E-state index in [0.29, 0.717) is 5.69 Å². The second-order valence-electron chi connectivity index (χ2n) is 4.73. The molecule has 3 N–H and O–H groups in total. The van der Waals surface area contributed by atoms with Crippen LogP contribution in [0.4, 0.5) is 11.4 Å². The first kappa shape index (κ1) is 15.3. The number of hydrazine groups is 1. The number of nitrogens with one attached hydrogen (secondary N) is 1. The summed E-state index contributed by atoms with van der Waals surface area (Å²) in [4.78, 5) is 10.5. The fourth-order valence-corrected chi connectivity index (χ4v) is 2.96. The molecule has 2 rings (SSSR count). The van der Waals surface area contributed by atoms with E-state index in [9.17, 15) is 10.1 Å². The van der Waals surface area contributed by atoms with Gasteiger partial charge in [0.2, 0.25) is 0 Å². The molecule has 5 nitrogen and oxygen atoms in total. The molecule has 0 spiro atoms. The summed E-state index contributed by atoms with van der Waals surface area (Å²) in [5.41, 5.74) is 6.09. The van der Waals surface area contributed by atoms with Gasteiger partial charge in [-0.15, -0.1) is 0 Å². The van der Waals surface area contributed by atoms with Gasteiger partial charge < -0.3 is 5.43 Å². The molecule has 6 heteroatoms. The number of nitro groups is 1. The number of hydrogen-bond donors (Lipinski definition) is 2. The van der Waals surface area contributed by atoms with Crippen LogP contribution >= 0.6 is 11.8 Å². The van der Waals surface area contributed by atoms with Crippen LogP contribution in [0.25, 0.3) is 0 Å². The van der Waals surface area contributed by atoms with Crippen molar-refractivity contribution in [2.45, 2.75) is 18.4 Å². The zero-order chi connectivity index (χ0) is 15.2. The minimum atomic E-state index is -0.427. The van der Waals surface area contributed by atoms with Crippen molar-refractivity contribution in [1.82, 2.24) is 0 Å². The van der Waals surface area contributed by atoms with Crippen LogP contribution in [0.15, 0.2) is 42.5 Å². The number of nitrogen functional groups attached to an aromatic ring is 1. The Morgan fingerprint density at radius 2 is 1.90 bits per heavy atom. The standard InChI is InChI=1S/C15H17N3O2S/c1-11-3-2-4-12(7-11)9-21-10-13-5-6-14(17-16)15(8-13)18(19)20/h2-8,17H,9-10,16H2,1H3. The Bertz CT molecular complexity index is 647. The highest BCUT2D eigenvalue weighted by Crippen LogP contribution is 2.27. The predicted octanol–water partition coefficient (Wildman–Crippen LogP) is 3.62. The van der Waals surface area contributed by atoms with Crippen LogP contribution in [0.5, 0.6) is 0 Å². The first-order chi connectivity index (χ1) is 10.1. The average Bonchev–Trinajstić information content (AvgIpc) is 2.47. The van der Waals surface area contributed by atoms with E-state index in [2.05, 4.69) is 30.5 Å². The highest BCUT2D eigenvalue weighted by molar-refractivity contribution is 7.97. The van der Waals surface area contributed by atoms with Crippen molar-refractivity contribution < 1.29 is 4.92 Å². The van der Waals surface area contributed by atoms with Gasteiger partial charge in [-0.25, -0.2) is 0 Å². The monoisotopic (exact) mass is 303 g/mol. The zero-order valence-corrected chi connectivity index (χ0v) is 12.5. The average molecular weight is 303 g/mol. The van der Waals surface area contributed by atoms with Gasteiger partial charge in [0.1, 0.15) is 5.69 Å². The normalized spacial score (nSPS) is 10.4. The van der Waals surface area contributed by atoms with E-state index >= 15 is 0 Å². The topological polar surface area (TPSA) is 81.2 Å². The fraction of sp³-hybridized carbons (Fsp3) is 0.200. The second-order valence-corrected chi connectivity index (χ2v) is 5.72. The second kappa shape index (κ2) is 7.10. The van der Waals surface area contributed by atoms with E-state index in [1.165, 1.54) is 11.1 Å². The Morgan fingerprint density at radius 1 is 1.19 bits per heavy atom. The molecule has 0 fully saturated rings. The number of rotatable bonds is 6. The van der Waals surface area contributed by atoms with E-state index in [0.717, 1.165) is 17.1 Å². The quantitative estimate of drug-likeness (QED) is 0.484. The summed E-state index contributed by atoms with van der Waals surface area (Å²) >= 11 is 1.73. The van der Waals surface area contributed by atoms with Gasteiger partial charge in [-0.05, 0) is 24.1 Å². The van der Waals surface area contributed by atoms with Gasteiger partial charge in [-0.1, -0.05) is 35.9 Å². The van der Waals surface area contributed by atoms with Crippen molar-refractivity contribution in [3.8, 4) is 0 Å². The van der Waals surface area contributed by atoms with Crippen LogP contribution in [0.1, 0.15) is 16.7 Å². The van der Waals surface area contributed by atoms with Gasteiger partial charge >= 0.3 is 0 Å². The molecule has 0 radical (unpaired) electrons. The van der Waals surface area contributed by atoms with Crippen LogP contribution in [-0.2, 0) is 11.5 Å². The van der Waals surface area contributed by atoms with Crippen LogP contribution < -0.4 is 11.3 Å². The summed E-state index contributed by atoms with van der Waals surface area (Å²) in [6.45, 7) is 2.07. The molecular weight excluding hydrogens is 286 g/mol. The Balaban J connectivity index is 2.00. The number of benzene rings is 2. The van der Waals surface area contributed by atoms with Crippen LogP contribution in [0.3, 0.4) is 0 Å². The lowest BCUT2D eigenvalue weighted by molar-refractivity contribution is -0.384. The van der Waals surface area contributed by atoms with Gasteiger partial charge in [0.15, 0.2) is 0 Å². The first-order valence-corrected chi connectivity index (χ1v) is 7.63. The van der Waals surface area contributed by atoms with E-state index in [1.807, 2.05) is 12.1 Å². The van der Waals surface area contributed by atoms with Gasteiger partial charge in [0, 0.05) is 17.6 Å². The molecule has 2 aromatic rings. The highest BCUT2D eigenvalue weighted by atomic mass is 32.2. The SMILES string of the molecule is Cc1cccc(CSCc2ccc(NN)c([N+](=O)[O-])c2)c1. The lowest BCUT2D eigenvalue weighted by atomic mass is 10.2. The Kier molecular flexibility index (Phi) is 5.19. The molecule has 0 aliphatic heterocycles. The smallest absolute Gasteiger partial charge is 0.293 e. The number of thioether (sulfide) groups is 1. The largest absolute Gasteiger partial charge is 0.318 e. The Morgan fingerprint density at radius 3 is 2.52 bits per heavy atom. The Labute approximate surface area is 127 Å². The van der Waals surface area contributed by atoms with Gasteiger partial charge in [0.05, 0.1) is 4.92 Å². The lowest BCUT2D eigenvalue weighted by Crippen LogP contribution is -2.09. The summed E-state index contributed by atoms with van der Waals surface area (Å²) in [5, 5.41) is 11.0. The van der Waals surface area contributed by atoms with Crippen molar-refractivity contribution in [2.75, 3.05) is 5.43 Å². The summed E-state index contributed by atoms with van der Waals surface area (Å²) in [7, 11) is 0. The maximum Gasteiger partial charge on any atom is 0.293 e. The number of nitrogens with two attached hydrogens (primary N) is 1. The minimum Gasteiger partial charge on any atom is -0.318 e. The summed E-state index contributed by atoms with van der Waals surface area (Å²) < 4.78 is 0. The van der Waals surface area contributed by atoms with Gasteiger partial charge in [-0.2, -0.15) is 11.8 Å². The van der Waals surface area contributed by atoms with E-state index in [-0.39, 0.29) is 5.69 Å². The van der Waals surface area contributed by atoms with Crippen LogP contribution in [0.2, 0.25) is 0 Å². The highest BCUT2D eigenvalue weighted by Gasteiger charge is 2.13. The van der Waals surface area contributed by atoms with E-state index in [4.69, 9.17) is 5.84 Å². The van der Waals surface area contributed by atoms with Gasteiger partial charge in [-0.3, -0.25) is 16.0 Å². The third-order valence-electron chi connectivity index (χ3n) is 3.03. The maximum absolute atomic E-state index is 11.0. The third-order valence-corrected chi connectivity index (χ3v) is 4.11. The van der Waals surface area contributed by atoms with Crippen molar-refractivity contribution >= 4 is 23.1 Å². The first-order valence-electron chi connectivity index (χ1n) is 6.47. The molecule has 21 heavy (non-hydrogen) atoms. The molecular formula is C15H17N3O2S. The predicted molar refractivity (Wildman–Crippen MR) is 87.1 cm³/mol. The van der Waals surface area contributed by atoms with Crippen molar-refractivity contribution in [3.63, 3.8) is 0 Å². The molecule has 0 aromatic heterocycles. The molecule has 0 heterocycles. The number of anilines is 1. The molecule has 0 aliphatic rings. The summed E-state index contributed by atoms with van der Waals surface area (Å²) in [5.74, 6) is 6.87. The molecule has 0 bridgehead atoms. The zero-order valence-electron chi connectivity index (χ0n) is 11.7. The lowest BCUT2D eigenvalue weighted by Gasteiger charge is -2.06. The molecule has 0 unspecified atom stereocenters. The summed E-state index contributed by atoms with van der Waals surface area (Å²) in [6, 6.07) is 13.4. The Hall–Kier alpha value is -2.05. The van der Waals surface area contributed by atoms with E-state index < -0.39 is 4.92 Å². The van der Waals surface area contributed by atoms with Gasteiger partial charge in [0.25, 0.3) is 5.69 Å². The van der Waals surface area contributed by atoms with Crippen LogP contribution in [0, 0.1) is 17.0 Å². The number of nitro benzene ring substituents is 1. The molecule has 110 valence electrons. The minimum absolute atomic E-state index is 0.00570. The molecule has 0 amide bonds. The van der Waals surface area contributed by atoms with Crippen molar-refractivity contribution in [2.24, 2.45) is 5.84 Å².